The number of hydrogen-bond donors (Lipinski definition) is 0. The van der Waals surface area contributed by atoms with Crippen molar-refractivity contribution >= 4 is 17.1 Å². The Morgan fingerprint density at radius 2 is 0.647 bits per heavy atom. The van der Waals surface area contributed by atoms with Crippen LogP contribution in [0.25, 0.3) is 0 Å². The van der Waals surface area contributed by atoms with Gasteiger partial charge in [0.25, 0.3) is 0 Å². The van der Waals surface area contributed by atoms with E-state index >= 15 is 0 Å². The highest BCUT2D eigenvalue weighted by Crippen LogP contribution is 2.44. The van der Waals surface area contributed by atoms with Gasteiger partial charge in [0.15, 0.2) is 0 Å². The summed E-state index contributed by atoms with van der Waals surface area (Å²) < 4.78 is 0. The number of anilines is 3. The summed E-state index contributed by atoms with van der Waals surface area (Å²) in [7, 11) is 0. The van der Waals surface area contributed by atoms with Crippen molar-refractivity contribution in [3.8, 4) is 0 Å². The van der Waals surface area contributed by atoms with E-state index in [4.69, 9.17) is 0 Å². The van der Waals surface area contributed by atoms with Crippen molar-refractivity contribution in [3.63, 3.8) is 0 Å². The highest BCUT2D eigenvalue weighted by Gasteiger charge is 2.27. The lowest BCUT2D eigenvalue weighted by Crippen LogP contribution is -2.27. The van der Waals surface area contributed by atoms with Crippen LogP contribution in [0.15, 0.2) is 72.8 Å². The van der Waals surface area contributed by atoms with Crippen molar-refractivity contribution in [3.05, 3.63) is 89.5 Å². The average molecular weight is 458 g/mol. The average Bonchev–Trinajstić information content (AvgIpc) is 2.89. The maximum atomic E-state index is 2.49. The summed E-state index contributed by atoms with van der Waals surface area (Å²) in [5.41, 5.74) is 8.14. The van der Waals surface area contributed by atoms with Crippen LogP contribution in [0, 0.1) is 0 Å². The van der Waals surface area contributed by atoms with Crippen LogP contribution >= 0.6 is 0 Å². The molecule has 0 spiro atoms. The van der Waals surface area contributed by atoms with Crippen LogP contribution in [0.2, 0.25) is 0 Å². The number of rotatable bonds is 12. The molecule has 0 radical (unpaired) electrons. The maximum absolute atomic E-state index is 2.49. The third-order valence-corrected chi connectivity index (χ3v) is 7.06. The zero-order valence-electron chi connectivity index (χ0n) is 22.1. The third kappa shape index (κ3) is 5.24. The van der Waals surface area contributed by atoms with Crippen LogP contribution in [-0.4, -0.2) is 39.3 Å². The first kappa shape index (κ1) is 25.7. The molecule has 0 saturated heterocycles. The van der Waals surface area contributed by atoms with Crippen molar-refractivity contribution < 1.29 is 0 Å². The van der Waals surface area contributed by atoms with E-state index in [2.05, 4.69) is 129 Å². The molecule has 0 atom stereocenters. The second-order valence-corrected chi connectivity index (χ2v) is 8.63. The van der Waals surface area contributed by atoms with Crippen molar-refractivity contribution in [2.75, 3.05) is 54.0 Å². The van der Waals surface area contributed by atoms with E-state index in [1.807, 2.05) is 0 Å². The van der Waals surface area contributed by atoms with E-state index < -0.39 is 0 Å². The first-order valence-corrected chi connectivity index (χ1v) is 13.2. The molecule has 3 aromatic rings. The molecule has 0 aliphatic heterocycles. The molecular formula is C31H43N3. The predicted octanol–water partition coefficient (Wildman–Crippen LogP) is 7.41. The minimum Gasteiger partial charge on any atom is -0.372 e. The summed E-state index contributed by atoms with van der Waals surface area (Å²) in [6.07, 6.45) is 0. The molecular weight excluding hydrogens is 414 g/mol. The largest absolute Gasteiger partial charge is 0.372 e. The van der Waals surface area contributed by atoms with Gasteiger partial charge in [-0.1, -0.05) is 54.6 Å². The fraction of sp³-hybridized carbons (Fsp3) is 0.419. The number of benzene rings is 3. The Labute approximate surface area is 208 Å². The van der Waals surface area contributed by atoms with Gasteiger partial charge in [-0.2, -0.15) is 0 Å². The van der Waals surface area contributed by atoms with Gasteiger partial charge in [0.05, 0.1) is 0 Å². The Morgan fingerprint density at radius 1 is 0.412 bits per heavy atom. The van der Waals surface area contributed by atoms with Gasteiger partial charge in [-0.25, -0.2) is 0 Å². The van der Waals surface area contributed by atoms with Gasteiger partial charge >= 0.3 is 0 Å². The van der Waals surface area contributed by atoms with E-state index in [-0.39, 0.29) is 5.92 Å². The highest BCUT2D eigenvalue weighted by molar-refractivity contribution is 5.70. The monoisotopic (exact) mass is 457 g/mol. The molecule has 0 bridgehead atoms. The fourth-order valence-corrected chi connectivity index (χ4v) is 5.25. The number of hydrogen-bond acceptors (Lipinski definition) is 3. The lowest BCUT2D eigenvalue weighted by molar-refractivity contribution is 0.819. The van der Waals surface area contributed by atoms with Gasteiger partial charge in [-0.3, -0.25) is 0 Å². The van der Waals surface area contributed by atoms with Crippen LogP contribution in [-0.2, 0) is 0 Å². The Bertz CT molecular complexity index is 884. The van der Waals surface area contributed by atoms with Crippen molar-refractivity contribution in [1.82, 2.24) is 0 Å². The molecule has 34 heavy (non-hydrogen) atoms. The lowest BCUT2D eigenvalue weighted by Gasteiger charge is -2.34. The SMILES string of the molecule is CCN(CC)c1ccccc1C(c1ccccc1N(CC)CC)c1ccccc1N(CC)CC. The predicted molar refractivity (Wildman–Crippen MR) is 151 cm³/mol. The molecule has 3 rings (SSSR count). The smallest absolute Gasteiger partial charge is 0.0408 e. The Hall–Kier alpha value is -2.94. The molecule has 0 fully saturated rings. The molecule has 0 saturated carbocycles. The van der Waals surface area contributed by atoms with E-state index in [9.17, 15) is 0 Å². The molecule has 0 unspecified atom stereocenters. The normalized spacial score (nSPS) is 11.0. The molecule has 0 aliphatic carbocycles. The van der Waals surface area contributed by atoms with E-state index in [1.165, 1.54) is 33.8 Å². The first-order valence-electron chi connectivity index (χ1n) is 13.2. The second kappa shape index (κ2) is 12.5. The molecule has 3 aromatic carbocycles. The Balaban J connectivity index is 2.37. The Kier molecular flexibility index (Phi) is 9.44. The molecule has 3 nitrogen and oxygen atoms in total. The molecule has 0 N–H and O–H groups in total. The van der Waals surface area contributed by atoms with Crippen molar-refractivity contribution in [2.45, 2.75) is 47.5 Å². The lowest BCUT2D eigenvalue weighted by atomic mass is 9.81. The molecule has 182 valence electrons. The van der Waals surface area contributed by atoms with Gasteiger partial charge in [0.2, 0.25) is 0 Å². The quantitative estimate of drug-likeness (QED) is 0.262. The summed E-state index contributed by atoms with van der Waals surface area (Å²) in [4.78, 5) is 7.47. The van der Waals surface area contributed by atoms with Crippen LogP contribution in [0.4, 0.5) is 17.1 Å². The summed E-state index contributed by atoms with van der Waals surface area (Å²) in [6, 6.07) is 27.1. The molecule has 0 aliphatic rings. The topological polar surface area (TPSA) is 9.72 Å². The maximum Gasteiger partial charge on any atom is 0.0408 e. The zero-order valence-corrected chi connectivity index (χ0v) is 22.1. The van der Waals surface area contributed by atoms with Crippen molar-refractivity contribution in [2.24, 2.45) is 0 Å². The van der Waals surface area contributed by atoms with Gasteiger partial charge in [-0.15, -0.1) is 0 Å². The fourth-order valence-electron chi connectivity index (χ4n) is 5.25. The Morgan fingerprint density at radius 3 is 0.882 bits per heavy atom. The molecule has 0 amide bonds. The summed E-state index contributed by atoms with van der Waals surface area (Å²) >= 11 is 0. The van der Waals surface area contributed by atoms with Crippen LogP contribution in [0.3, 0.4) is 0 Å². The summed E-state index contributed by atoms with van der Waals surface area (Å²) in [5, 5.41) is 0. The van der Waals surface area contributed by atoms with Gasteiger partial charge in [0, 0.05) is 62.2 Å². The van der Waals surface area contributed by atoms with Crippen LogP contribution < -0.4 is 14.7 Å². The van der Waals surface area contributed by atoms with E-state index in [0.29, 0.717) is 0 Å². The summed E-state index contributed by atoms with van der Waals surface area (Å²) in [5.74, 6) is 0.144. The minimum atomic E-state index is 0.144. The van der Waals surface area contributed by atoms with E-state index in [0.717, 1.165) is 39.3 Å². The number of nitrogens with zero attached hydrogens (tertiary/aromatic N) is 3. The molecule has 3 heteroatoms. The van der Waals surface area contributed by atoms with E-state index in [1.54, 1.807) is 0 Å². The van der Waals surface area contributed by atoms with Crippen LogP contribution in [0.1, 0.15) is 64.2 Å². The minimum absolute atomic E-state index is 0.144. The van der Waals surface area contributed by atoms with Crippen LogP contribution in [0.5, 0.6) is 0 Å². The van der Waals surface area contributed by atoms with Gasteiger partial charge in [0.1, 0.15) is 0 Å². The highest BCUT2D eigenvalue weighted by atomic mass is 15.1. The summed E-state index contributed by atoms with van der Waals surface area (Å²) in [6.45, 7) is 19.5. The molecule has 0 aromatic heterocycles. The number of para-hydroxylation sites is 3. The zero-order chi connectivity index (χ0) is 24.5. The van der Waals surface area contributed by atoms with Crippen molar-refractivity contribution in [1.29, 1.82) is 0 Å². The first-order chi connectivity index (χ1) is 16.6. The molecule has 0 heterocycles. The third-order valence-electron chi connectivity index (χ3n) is 7.06. The standard InChI is InChI=1S/C31H43N3/c1-7-32(8-2)28-22-16-13-19-25(28)31(26-20-14-17-23-29(26)33(9-3)10-4)27-21-15-18-24-30(27)34(11-5)12-6/h13-24,31H,7-12H2,1-6H3. The second-order valence-electron chi connectivity index (χ2n) is 8.63. The van der Waals surface area contributed by atoms with Gasteiger partial charge < -0.3 is 14.7 Å². The van der Waals surface area contributed by atoms with Gasteiger partial charge in [-0.05, 0) is 76.4 Å².